The zero-order chi connectivity index (χ0) is 20.9. The molecular formula is C25H27N5O. The van der Waals surface area contributed by atoms with Crippen LogP contribution >= 0.6 is 0 Å². The number of benzene rings is 2. The molecule has 6 rings (SSSR count). The molecule has 0 spiro atoms. The van der Waals surface area contributed by atoms with Gasteiger partial charge in [0.2, 0.25) is 0 Å². The molecule has 1 aromatic heterocycles. The van der Waals surface area contributed by atoms with Crippen molar-refractivity contribution in [1.29, 1.82) is 0 Å². The highest BCUT2D eigenvalue weighted by Gasteiger charge is 2.35. The van der Waals surface area contributed by atoms with Crippen LogP contribution in [0, 0.1) is 0 Å². The molecule has 0 radical (unpaired) electrons. The van der Waals surface area contributed by atoms with Gasteiger partial charge in [-0.05, 0) is 66.8 Å². The molecule has 3 aliphatic rings. The van der Waals surface area contributed by atoms with Crippen LogP contribution in [-0.4, -0.2) is 45.2 Å². The second-order valence-electron chi connectivity index (χ2n) is 8.94. The molecule has 6 heteroatoms. The minimum Gasteiger partial charge on any atom is -0.327 e. The third-order valence-corrected chi connectivity index (χ3v) is 6.81. The minimum atomic E-state index is -0.0678. The van der Waals surface area contributed by atoms with Crippen molar-refractivity contribution in [3.8, 4) is 0 Å². The van der Waals surface area contributed by atoms with Crippen LogP contribution < -0.4 is 5.32 Å². The average molecular weight is 414 g/mol. The van der Waals surface area contributed by atoms with Gasteiger partial charge in [-0.25, -0.2) is 9.67 Å². The normalized spacial score (nSPS) is 21.1. The van der Waals surface area contributed by atoms with E-state index in [1.165, 1.54) is 29.4 Å². The van der Waals surface area contributed by atoms with Crippen molar-refractivity contribution in [2.75, 3.05) is 19.6 Å². The Hall–Kier alpha value is -2.99. The van der Waals surface area contributed by atoms with Gasteiger partial charge in [-0.1, -0.05) is 30.3 Å². The van der Waals surface area contributed by atoms with Crippen LogP contribution in [-0.2, 0) is 6.54 Å². The van der Waals surface area contributed by atoms with Gasteiger partial charge in [0.15, 0.2) is 5.82 Å². The first kappa shape index (κ1) is 18.8. The molecule has 0 unspecified atom stereocenters. The molecule has 1 aliphatic carbocycles. The van der Waals surface area contributed by atoms with Gasteiger partial charge in [0.05, 0.1) is 12.6 Å². The quantitative estimate of drug-likeness (QED) is 0.707. The van der Waals surface area contributed by atoms with E-state index in [1.807, 2.05) is 21.7 Å². The first-order chi connectivity index (χ1) is 15.2. The number of hydrogen-bond donors (Lipinski definition) is 1. The second kappa shape index (κ2) is 7.31. The monoisotopic (exact) mass is 413 g/mol. The first-order valence-electron chi connectivity index (χ1n) is 11.4. The van der Waals surface area contributed by atoms with Crippen LogP contribution in [0.3, 0.4) is 0 Å². The van der Waals surface area contributed by atoms with E-state index in [-0.39, 0.29) is 11.9 Å². The Labute approximate surface area is 182 Å². The van der Waals surface area contributed by atoms with Gasteiger partial charge in [-0.2, -0.15) is 5.10 Å². The van der Waals surface area contributed by atoms with Gasteiger partial charge in [-0.15, -0.1) is 0 Å². The summed E-state index contributed by atoms with van der Waals surface area (Å²) in [5, 5.41) is 10.4. The number of nitrogens with one attached hydrogen (secondary N) is 1. The van der Waals surface area contributed by atoms with Crippen LogP contribution in [0.25, 0.3) is 16.3 Å². The summed E-state index contributed by atoms with van der Waals surface area (Å²) < 4.78 is 2.00. The molecule has 1 N–H and O–H groups in total. The standard InChI is InChI=1S/C25H27N5O/c1-16-24-27-23(17-7-8-17)28-30(24)13-12-29(16)25(31)19-9-10-22-18(14-19)4-2-6-21(22)20-5-3-11-26-15-20/h2,4-6,9-10,14,16-17,26H,3,7-8,11-13,15H2,1H3/t16-/m1/s1. The van der Waals surface area contributed by atoms with E-state index in [2.05, 4.69) is 47.7 Å². The van der Waals surface area contributed by atoms with Gasteiger partial charge in [0, 0.05) is 24.6 Å². The molecule has 6 nitrogen and oxygen atoms in total. The fourth-order valence-corrected chi connectivity index (χ4v) is 4.88. The lowest BCUT2D eigenvalue weighted by Crippen LogP contribution is -2.41. The van der Waals surface area contributed by atoms with Gasteiger partial charge < -0.3 is 10.2 Å². The van der Waals surface area contributed by atoms with Crippen molar-refractivity contribution < 1.29 is 4.79 Å². The summed E-state index contributed by atoms with van der Waals surface area (Å²) in [6.45, 7) is 5.38. The summed E-state index contributed by atoms with van der Waals surface area (Å²) in [4.78, 5) is 20.2. The fourth-order valence-electron chi connectivity index (χ4n) is 4.88. The molecule has 1 saturated carbocycles. The third kappa shape index (κ3) is 3.26. The maximum atomic E-state index is 13.5. The van der Waals surface area contributed by atoms with Crippen LogP contribution in [0.4, 0.5) is 0 Å². The van der Waals surface area contributed by atoms with Crippen LogP contribution in [0.2, 0.25) is 0 Å². The Morgan fingerprint density at radius 1 is 1.16 bits per heavy atom. The van der Waals surface area contributed by atoms with E-state index in [0.29, 0.717) is 19.0 Å². The number of rotatable bonds is 3. The maximum absolute atomic E-state index is 13.5. The predicted molar refractivity (Wildman–Crippen MR) is 121 cm³/mol. The molecule has 2 aliphatic heterocycles. The molecular weight excluding hydrogens is 386 g/mol. The predicted octanol–water partition coefficient (Wildman–Crippen LogP) is 3.90. The molecule has 1 amide bonds. The van der Waals surface area contributed by atoms with E-state index < -0.39 is 0 Å². The van der Waals surface area contributed by atoms with Crippen molar-refractivity contribution in [2.24, 2.45) is 0 Å². The molecule has 0 saturated heterocycles. The fraction of sp³-hybridized carbons (Fsp3) is 0.400. The number of hydrogen-bond acceptors (Lipinski definition) is 4. The lowest BCUT2D eigenvalue weighted by atomic mass is 9.95. The summed E-state index contributed by atoms with van der Waals surface area (Å²) in [5.41, 5.74) is 3.34. The highest BCUT2D eigenvalue weighted by Crippen LogP contribution is 2.39. The number of fused-ring (bicyclic) bond motifs is 2. The lowest BCUT2D eigenvalue weighted by molar-refractivity contribution is 0.0631. The zero-order valence-electron chi connectivity index (χ0n) is 17.8. The number of amides is 1. The smallest absolute Gasteiger partial charge is 0.254 e. The number of nitrogens with zero attached hydrogens (tertiary/aromatic N) is 4. The third-order valence-electron chi connectivity index (χ3n) is 6.81. The molecule has 31 heavy (non-hydrogen) atoms. The highest BCUT2D eigenvalue weighted by molar-refractivity contribution is 6.01. The van der Waals surface area contributed by atoms with Gasteiger partial charge in [0.25, 0.3) is 5.91 Å². The summed E-state index contributed by atoms with van der Waals surface area (Å²) in [6, 6.07) is 12.4. The zero-order valence-corrected chi connectivity index (χ0v) is 17.8. The maximum Gasteiger partial charge on any atom is 0.254 e. The van der Waals surface area contributed by atoms with E-state index in [4.69, 9.17) is 4.98 Å². The van der Waals surface area contributed by atoms with Gasteiger partial charge in [-0.3, -0.25) is 4.79 Å². The summed E-state index contributed by atoms with van der Waals surface area (Å²) in [5.74, 6) is 2.47. The topological polar surface area (TPSA) is 63.1 Å². The van der Waals surface area contributed by atoms with E-state index in [0.717, 1.165) is 42.1 Å². The summed E-state index contributed by atoms with van der Waals surface area (Å²) in [6.07, 6.45) is 5.76. The summed E-state index contributed by atoms with van der Waals surface area (Å²) >= 11 is 0. The SMILES string of the molecule is C[C@@H]1c2nc(C3CC3)nn2CCN1C(=O)c1ccc2c(C3=CCCNC3)cccc2c1. The number of aromatic nitrogens is 3. The van der Waals surface area contributed by atoms with Crippen LogP contribution in [0.15, 0.2) is 42.5 Å². The van der Waals surface area contributed by atoms with E-state index >= 15 is 0 Å². The van der Waals surface area contributed by atoms with Crippen molar-refractivity contribution in [3.63, 3.8) is 0 Å². The number of carbonyl (C=O) groups is 1. The molecule has 0 bridgehead atoms. The van der Waals surface area contributed by atoms with Crippen molar-refractivity contribution in [1.82, 2.24) is 25.0 Å². The Bertz CT molecular complexity index is 1210. The molecule has 2 aromatic carbocycles. The molecule has 3 heterocycles. The Morgan fingerprint density at radius 3 is 2.87 bits per heavy atom. The lowest BCUT2D eigenvalue weighted by Gasteiger charge is -2.33. The molecule has 1 atom stereocenters. The van der Waals surface area contributed by atoms with Crippen molar-refractivity contribution in [2.45, 2.75) is 44.7 Å². The Morgan fingerprint density at radius 2 is 2.06 bits per heavy atom. The van der Waals surface area contributed by atoms with Crippen molar-refractivity contribution >= 4 is 22.3 Å². The van der Waals surface area contributed by atoms with E-state index in [1.54, 1.807) is 0 Å². The van der Waals surface area contributed by atoms with Gasteiger partial charge in [0.1, 0.15) is 5.82 Å². The molecule has 158 valence electrons. The second-order valence-corrected chi connectivity index (χ2v) is 8.94. The largest absolute Gasteiger partial charge is 0.327 e. The van der Waals surface area contributed by atoms with Crippen LogP contribution in [0.1, 0.15) is 65.7 Å². The minimum absolute atomic E-state index is 0.0678. The Balaban J connectivity index is 1.30. The first-order valence-corrected chi connectivity index (χ1v) is 11.4. The Kier molecular flexibility index (Phi) is 4.42. The van der Waals surface area contributed by atoms with Crippen LogP contribution in [0.5, 0.6) is 0 Å². The summed E-state index contributed by atoms with van der Waals surface area (Å²) in [7, 11) is 0. The van der Waals surface area contributed by atoms with E-state index in [9.17, 15) is 4.79 Å². The highest BCUT2D eigenvalue weighted by atomic mass is 16.2. The molecule has 1 fully saturated rings. The van der Waals surface area contributed by atoms with Gasteiger partial charge >= 0.3 is 0 Å². The van der Waals surface area contributed by atoms with Crippen molar-refractivity contribution in [3.05, 3.63) is 65.2 Å². The number of carbonyl (C=O) groups excluding carboxylic acids is 1. The average Bonchev–Trinajstić information content (AvgIpc) is 3.57. The molecule has 3 aromatic rings.